The summed E-state index contributed by atoms with van der Waals surface area (Å²) in [5, 5.41) is 2.19. The van der Waals surface area contributed by atoms with Gasteiger partial charge in [-0.05, 0) is 12.7 Å². The van der Waals surface area contributed by atoms with E-state index in [4.69, 9.17) is 0 Å². The third-order valence-electron chi connectivity index (χ3n) is 1.55. The van der Waals surface area contributed by atoms with E-state index < -0.39 is 18.0 Å². The number of carbonyl (C=O) groups is 1. The van der Waals surface area contributed by atoms with Gasteiger partial charge in [-0.15, -0.1) is 0 Å². The molecule has 1 amide bonds. The van der Waals surface area contributed by atoms with E-state index >= 15 is 0 Å². The van der Waals surface area contributed by atoms with Gasteiger partial charge in [-0.3, -0.25) is 4.79 Å². The van der Waals surface area contributed by atoms with E-state index in [1.165, 1.54) is 0 Å². The summed E-state index contributed by atoms with van der Waals surface area (Å²) in [4.78, 5) is 11.1. The van der Waals surface area contributed by atoms with Crippen LogP contribution in [0.3, 0.4) is 0 Å². The minimum absolute atomic E-state index is 0.203. The summed E-state index contributed by atoms with van der Waals surface area (Å²) in [7, 11) is 0. The zero-order chi connectivity index (χ0) is 15.2. The summed E-state index contributed by atoms with van der Waals surface area (Å²) < 4.78 is 37.0. The van der Waals surface area contributed by atoms with Crippen molar-refractivity contribution in [1.82, 2.24) is 5.32 Å². The molecule has 0 aromatic carbocycles. The Labute approximate surface area is 113 Å². The van der Waals surface area contributed by atoms with Crippen LogP contribution in [0.5, 0.6) is 0 Å². The van der Waals surface area contributed by atoms with Crippen LogP contribution in [0.25, 0.3) is 0 Å². The lowest BCUT2D eigenvalue weighted by Gasteiger charge is -2.18. The van der Waals surface area contributed by atoms with Crippen LogP contribution in [0.1, 0.15) is 41.5 Å². The lowest BCUT2D eigenvalue weighted by Crippen LogP contribution is -2.40. The molecule has 0 heterocycles. The van der Waals surface area contributed by atoms with Crippen LogP contribution in [0.2, 0.25) is 0 Å². The van der Waals surface area contributed by atoms with Crippen LogP contribution >= 0.6 is 11.8 Å². The molecule has 1 N–H and O–H groups in total. The molecule has 0 aliphatic rings. The van der Waals surface area contributed by atoms with Gasteiger partial charge < -0.3 is 5.32 Å². The highest BCUT2D eigenvalue weighted by Gasteiger charge is 2.44. The molecule has 18 heavy (non-hydrogen) atoms. The van der Waals surface area contributed by atoms with Crippen LogP contribution in [0, 0.1) is 5.92 Å². The second-order valence-electron chi connectivity index (χ2n) is 2.65. The van der Waals surface area contributed by atoms with Gasteiger partial charge >= 0.3 is 6.18 Å². The molecule has 0 saturated heterocycles. The zero-order valence-electron chi connectivity index (χ0n) is 12.1. The highest BCUT2D eigenvalue weighted by molar-refractivity contribution is 7.99. The zero-order valence-corrected chi connectivity index (χ0v) is 13.0. The number of hydrogen-bond acceptors (Lipinski definition) is 2. The van der Waals surface area contributed by atoms with Gasteiger partial charge in [-0.1, -0.05) is 34.6 Å². The van der Waals surface area contributed by atoms with E-state index in [2.05, 4.69) is 5.32 Å². The molecular formula is C12H26F3NOS. The second kappa shape index (κ2) is 14.7. The van der Waals surface area contributed by atoms with Gasteiger partial charge in [0.1, 0.15) is 5.92 Å². The summed E-state index contributed by atoms with van der Waals surface area (Å²) in [6.45, 7) is 11.6. The maximum atomic E-state index is 12.3. The molecule has 2 nitrogen and oxygen atoms in total. The lowest BCUT2D eigenvalue weighted by atomic mass is 10.1. The number of nitrogens with one attached hydrogen (secondary N) is 1. The SMILES string of the molecule is CC.CC.CCNC(=O)C(CSCC)C(F)(F)F. The molecule has 0 saturated carbocycles. The van der Waals surface area contributed by atoms with Gasteiger partial charge in [0.15, 0.2) is 0 Å². The average Bonchev–Trinajstić information content (AvgIpc) is 2.33. The Morgan fingerprint density at radius 1 is 1.17 bits per heavy atom. The van der Waals surface area contributed by atoms with E-state index in [0.717, 1.165) is 11.8 Å². The second-order valence-corrected chi connectivity index (χ2v) is 3.97. The van der Waals surface area contributed by atoms with Crippen LogP contribution in [-0.4, -0.2) is 30.1 Å². The summed E-state index contributed by atoms with van der Waals surface area (Å²) >= 11 is 1.12. The first kappa shape index (κ1) is 22.8. The number of halogens is 3. The van der Waals surface area contributed by atoms with Crippen molar-refractivity contribution in [2.45, 2.75) is 47.7 Å². The normalized spacial score (nSPS) is 11.4. The van der Waals surface area contributed by atoms with E-state index in [9.17, 15) is 18.0 Å². The van der Waals surface area contributed by atoms with Crippen molar-refractivity contribution in [3.8, 4) is 0 Å². The fourth-order valence-corrected chi connectivity index (χ4v) is 1.66. The third-order valence-corrected chi connectivity index (χ3v) is 2.53. The molecule has 0 aromatic rings. The molecule has 6 heteroatoms. The van der Waals surface area contributed by atoms with Crippen LogP contribution in [0.15, 0.2) is 0 Å². The fourth-order valence-electron chi connectivity index (χ4n) is 0.852. The van der Waals surface area contributed by atoms with Crippen LogP contribution in [0.4, 0.5) is 13.2 Å². The molecule has 0 radical (unpaired) electrons. The third kappa shape index (κ3) is 12.1. The average molecular weight is 289 g/mol. The van der Waals surface area contributed by atoms with Gasteiger partial charge in [0.25, 0.3) is 0 Å². The van der Waals surface area contributed by atoms with Gasteiger partial charge in [0.05, 0.1) is 0 Å². The maximum absolute atomic E-state index is 12.3. The highest BCUT2D eigenvalue weighted by Crippen LogP contribution is 2.29. The number of amides is 1. The van der Waals surface area contributed by atoms with Crippen molar-refractivity contribution < 1.29 is 18.0 Å². The quantitative estimate of drug-likeness (QED) is 0.825. The first-order chi connectivity index (χ1) is 8.43. The van der Waals surface area contributed by atoms with Gasteiger partial charge in [0, 0.05) is 12.3 Å². The molecular weight excluding hydrogens is 263 g/mol. The van der Waals surface area contributed by atoms with E-state index in [0.29, 0.717) is 5.75 Å². The number of thioether (sulfide) groups is 1. The number of hydrogen-bond donors (Lipinski definition) is 1. The van der Waals surface area contributed by atoms with Gasteiger partial charge in [0.2, 0.25) is 5.91 Å². The Hall–Kier alpha value is -0.390. The largest absolute Gasteiger partial charge is 0.401 e. The van der Waals surface area contributed by atoms with Crippen molar-refractivity contribution >= 4 is 17.7 Å². The van der Waals surface area contributed by atoms with Gasteiger partial charge in [-0.2, -0.15) is 24.9 Å². The van der Waals surface area contributed by atoms with Crippen LogP contribution in [-0.2, 0) is 4.79 Å². The summed E-state index contributed by atoms with van der Waals surface area (Å²) in [5.41, 5.74) is 0. The molecule has 0 bridgehead atoms. The first-order valence-electron chi connectivity index (χ1n) is 6.35. The van der Waals surface area contributed by atoms with Crippen molar-refractivity contribution in [2.75, 3.05) is 18.1 Å². The Bertz CT molecular complexity index is 187. The van der Waals surface area contributed by atoms with E-state index in [-0.39, 0.29) is 12.3 Å². The number of carbonyl (C=O) groups excluding carboxylic acids is 1. The lowest BCUT2D eigenvalue weighted by molar-refractivity contribution is -0.177. The number of rotatable bonds is 5. The van der Waals surface area contributed by atoms with Crippen molar-refractivity contribution in [3.05, 3.63) is 0 Å². The molecule has 0 fully saturated rings. The van der Waals surface area contributed by atoms with Crippen molar-refractivity contribution in [1.29, 1.82) is 0 Å². The first-order valence-corrected chi connectivity index (χ1v) is 7.51. The molecule has 1 atom stereocenters. The van der Waals surface area contributed by atoms with Crippen molar-refractivity contribution in [2.24, 2.45) is 5.92 Å². The molecule has 0 aliphatic carbocycles. The van der Waals surface area contributed by atoms with E-state index in [1.807, 2.05) is 27.7 Å². The predicted octanol–water partition coefficient (Wildman–Crippen LogP) is 4.11. The topological polar surface area (TPSA) is 29.1 Å². The Balaban J connectivity index is -0.000000506. The van der Waals surface area contributed by atoms with E-state index in [1.54, 1.807) is 13.8 Å². The maximum Gasteiger partial charge on any atom is 0.401 e. The minimum atomic E-state index is -4.44. The summed E-state index contributed by atoms with van der Waals surface area (Å²) in [6, 6.07) is 0. The molecule has 1 unspecified atom stereocenters. The Morgan fingerprint density at radius 3 is 1.89 bits per heavy atom. The molecule has 0 rings (SSSR count). The Kier molecular flexibility index (Phi) is 18.6. The Morgan fingerprint density at radius 2 is 1.61 bits per heavy atom. The minimum Gasteiger partial charge on any atom is -0.356 e. The fraction of sp³-hybridized carbons (Fsp3) is 0.917. The predicted molar refractivity (Wildman–Crippen MR) is 73.9 cm³/mol. The highest BCUT2D eigenvalue weighted by atomic mass is 32.2. The smallest absolute Gasteiger partial charge is 0.356 e. The molecule has 0 spiro atoms. The summed E-state index contributed by atoms with van der Waals surface area (Å²) in [5.74, 6) is -2.44. The standard InChI is InChI=1S/C8H14F3NOS.2C2H6/c1-3-12-7(13)6(5-14-4-2)8(9,10)11;2*1-2/h6H,3-5H2,1-2H3,(H,12,13);2*1-2H3. The van der Waals surface area contributed by atoms with Gasteiger partial charge in [-0.25, -0.2) is 0 Å². The van der Waals surface area contributed by atoms with Crippen LogP contribution < -0.4 is 5.32 Å². The van der Waals surface area contributed by atoms with Crippen molar-refractivity contribution in [3.63, 3.8) is 0 Å². The monoisotopic (exact) mass is 289 g/mol. The molecule has 0 aliphatic heterocycles. The number of alkyl halides is 3. The summed E-state index contributed by atoms with van der Waals surface area (Å²) in [6.07, 6.45) is -4.44. The molecule has 0 aromatic heterocycles. The molecule has 112 valence electrons.